The summed E-state index contributed by atoms with van der Waals surface area (Å²) in [4.78, 5) is 13.4. The van der Waals surface area contributed by atoms with E-state index in [9.17, 15) is 4.79 Å². The Balaban J connectivity index is 0.000000481. The van der Waals surface area contributed by atoms with Crippen molar-refractivity contribution in [2.24, 2.45) is 0 Å². The highest BCUT2D eigenvalue weighted by Crippen LogP contribution is 2.33. The van der Waals surface area contributed by atoms with E-state index in [1.807, 2.05) is 0 Å². The zero-order valence-corrected chi connectivity index (χ0v) is 18.0. The number of halogens is 2. The lowest BCUT2D eigenvalue weighted by Crippen LogP contribution is -2.27. The molecule has 4 nitrogen and oxygen atoms in total. The van der Waals surface area contributed by atoms with Crippen molar-refractivity contribution in [2.75, 3.05) is 26.7 Å². The summed E-state index contributed by atoms with van der Waals surface area (Å²) in [6, 6.07) is 2.89. The molecule has 0 fully saturated rings. The Bertz CT molecular complexity index is 505. The minimum atomic E-state index is -1.16. The van der Waals surface area contributed by atoms with Gasteiger partial charge in [0.15, 0.2) is 5.75 Å². The molecule has 0 atom stereocenters. The second-order valence-electron chi connectivity index (χ2n) is 6.14. The zero-order chi connectivity index (χ0) is 19.9. The fraction of sp³-hybridized carbons (Fsp3) is 0.650. The topological polar surface area (TPSA) is 49.8 Å². The first-order chi connectivity index (χ1) is 12.4. The van der Waals surface area contributed by atoms with Crippen LogP contribution in [0.25, 0.3) is 0 Å². The highest BCUT2D eigenvalue weighted by atomic mass is 35.5. The van der Waals surface area contributed by atoms with Gasteiger partial charge in [-0.05, 0) is 51.0 Å². The lowest BCUT2D eigenvalue weighted by atomic mass is 10.2. The van der Waals surface area contributed by atoms with Crippen LogP contribution in [0.2, 0.25) is 10.0 Å². The average Bonchev–Trinajstić information content (AvgIpc) is 2.63. The molecular formula is C20H33Cl2NO3. The Morgan fingerprint density at radius 1 is 0.962 bits per heavy atom. The Hall–Kier alpha value is -0.970. The zero-order valence-electron chi connectivity index (χ0n) is 16.5. The highest BCUT2D eigenvalue weighted by molar-refractivity contribution is 6.36. The molecule has 1 N–H and O–H groups in total. The summed E-state index contributed by atoms with van der Waals surface area (Å²) >= 11 is 11.4. The minimum Gasteiger partial charge on any atom is -0.494 e. The third-order valence-corrected chi connectivity index (χ3v) is 4.57. The summed E-state index contributed by atoms with van der Waals surface area (Å²) in [5.74, 6) is -1.08. The Labute approximate surface area is 168 Å². The average molecular weight is 406 g/mol. The number of carboxylic acids is 1. The number of carbonyl (C=O) groups is 1. The molecule has 0 spiro atoms. The van der Waals surface area contributed by atoms with E-state index in [0.717, 1.165) is 0 Å². The SMILES string of the molecule is CCCCN(CCCC)CCCC.COc1c(Cl)ccc(Cl)c1C(=O)O. The van der Waals surface area contributed by atoms with Gasteiger partial charge in [0.05, 0.1) is 17.2 Å². The van der Waals surface area contributed by atoms with Crippen molar-refractivity contribution >= 4 is 29.2 Å². The number of ether oxygens (including phenoxy) is 1. The van der Waals surface area contributed by atoms with E-state index >= 15 is 0 Å². The summed E-state index contributed by atoms with van der Waals surface area (Å²) in [6.45, 7) is 10.8. The molecule has 150 valence electrons. The Kier molecular flexibility index (Phi) is 14.6. The lowest BCUT2D eigenvalue weighted by molar-refractivity contribution is 0.0693. The summed E-state index contributed by atoms with van der Waals surface area (Å²) in [5.41, 5.74) is -0.114. The first-order valence-electron chi connectivity index (χ1n) is 9.40. The molecule has 1 rings (SSSR count). The first kappa shape index (κ1) is 25.0. The maximum Gasteiger partial charge on any atom is 0.341 e. The van der Waals surface area contributed by atoms with E-state index in [-0.39, 0.29) is 21.4 Å². The van der Waals surface area contributed by atoms with E-state index in [1.54, 1.807) is 0 Å². The Morgan fingerprint density at radius 2 is 1.38 bits per heavy atom. The van der Waals surface area contributed by atoms with Gasteiger partial charge in [-0.1, -0.05) is 63.2 Å². The molecule has 0 bridgehead atoms. The number of hydrogen-bond donors (Lipinski definition) is 1. The van der Waals surface area contributed by atoms with Crippen LogP contribution in [0, 0.1) is 0 Å². The number of hydrogen-bond acceptors (Lipinski definition) is 3. The van der Waals surface area contributed by atoms with Crippen LogP contribution < -0.4 is 4.74 Å². The van der Waals surface area contributed by atoms with Crippen LogP contribution in [0.15, 0.2) is 12.1 Å². The van der Waals surface area contributed by atoms with Gasteiger partial charge in [0.25, 0.3) is 0 Å². The minimum absolute atomic E-state index is 0.0849. The number of carboxylic acid groups (broad SMARTS) is 1. The number of aromatic carboxylic acids is 1. The van der Waals surface area contributed by atoms with Crippen LogP contribution in [0.1, 0.15) is 69.7 Å². The van der Waals surface area contributed by atoms with E-state index < -0.39 is 5.97 Å². The van der Waals surface area contributed by atoms with Crippen molar-refractivity contribution in [3.05, 3.63) is 27.7 Å². The predicted molar refractivity (Wildman–Crippen MR) is 111 cm³/mol. The molecule has 1 aromatic carbocycles. The van der Waals surface area contributed by atoms with Gasteiger partial charge < -0.3 is 14.7 Å². The molecule has 26 heavy (non-hydrogen) atoms. The number of nitrogens with zero attached hydrogens (tertiary/aromatic N) is 1. The number of unbranched alkanes of at least 4 members (excludes halogenated alkanes) is 3. The van der Waals surface area contributed by atoms with Crippen molar-refractivity contribution in [3.63, 3.8) is 0 Å². The standard InChI is InChI=1S/C12H27N.C8H6Cl2O3/c1-4-7-10-13(11-8-5-2)12-9-6-3;1-13-7-5(10)3-2-4(9)6(7)8(11)12/h4-12H2,1-3H3;2-3H,1H3,(H,11,12). The molecule has 0 saturated heterocycles. The van der Waals surface area contributed by atoms with Gasteiger partial charge >= 0.3 is 5.97 Å². The van der Waals surface area contributed by atoms with Crippen molar-refractivity contribution in [2.45, 2.75) is 59.3 Å². The highest BCUT2D eigenvalue weighted by Gasteiger charge is 2.18. The number of methoxy groups -OCH3 is 1. The second-order valence-corrected chi connectivity index (χ2v) is 6.96. The van der Waals surface area contributed by atoms with E-state index in [1.165, 1.54) is 77.4 Å². The summed E-state index contributed by atoms with van der Waals surface area (Å²) in [7, 11) is 1.34. The van der Waals surface area contributed by atoms with Gasteiger partial charge in [-0.2, -0.15) is 0 Å². The quantitative estimate of drug-likeness (QED) is 0.463. The summed E-state index contributed by atoms with van der Waals surface area (Å²) in [5, 5.41) is 9.11. The van der Waals surface area contributed by atoms with Gasteiger partial charge in [0.1, 0.15) is 5.56 Å². The van der Waals surface area contributed by atoms with E-state index in [2.05, 4.69) is 25.7 Å². The van der Waals surface area contributed by atoms with Crippen LogP contribution in [-0.2, 0) is 0 Å². The van der Waals surface area contributed by atoms with Gasteiger partial charge in [-0.25, -0.2) is 4.79 Å². The molecule has 0 aromatic heterocycles. The van der Waals surface area contributed by atoms with Crippen LogP contribution >= 0.6 is 23.2 Å². The molecular weight excluding hydrogens is 373 g/mol. The molecule has 0 radical (unpaired) electrons. The molecule has 0 aliphatic heterocycles. The fourth-order valence-corrected chi connectivity index (χ4v) is 2.88. The third kappa shape index (κ3) is 9.65. The predicted octanol–water partition coefficient (Wildman–Crippen LogP) is 6.39. The van der Waals surface area contributed by atoms with Crippen LogP contribution in [0.4, 0.5) is 0 Å². The molecule has 0 unspecified atom stereocenters. The van der Waals surface area contributed by atoms with Gasteiger partial charge in [0.2, 0.25) is 0 Å². The molecule has 6 heteroatoms. The van der Waals surface area contributed by atoms with Gasteiger partial charge in [-0.3, -0.25) is 0 Å². The normalized spacial score (nSPS) is 10.4. The van der Waals surface area contributed by atoms with Crippen molar-refractivity contribution < 1.29 is 14.6 Å². The molecule has 0 aliphatic rings. The maximum absolute atomic E-state index is 10.7. The third-order valence-electron chi connectivity index (χ3n) is 3.96. The van der Waals surface area contributed by atoms with Crippen LogP contribution in [-0.4, -0.2) is 42.7 Å². The van der Waals surface area contributed by atoms with Crippen molar-refractivity contribution in [1.29, 1.82) is 0 Å². The monoisotopic (exact) mass is 405 g/mol. The van der Waals surface area contributed by atoms with Crippen LogP contribution in [0.3, 0.4) is 0 Å². The number of benzene rings is 1. The molecule has 0 heterocycles. The largest absolute Gasteiger partial charge is 0.494 e. The van der Waals surface area contributed by atoms with E-state index in [0.29, 0.717) is 0 Å². The van der Waals surface area contributed by atoms with Crippen molar-refractivity contribution in [3.8, 4) is 5.75 Å². The van der Waals surface area contributed by atoms with Gasteiger partial charge in [0, 0.05) is 0 Å². The second kappa shape index (κ2) is 15.1. The molecule has 0 saturated carbocycles. The molecule has 1 aromatic rings. The maximum atomic E-state index is 10.7. The number of rotatable bonds is 11. The molecule has 0 aliphatic carbocycles. The fourth-order valence-electron chi connectivity index (χ4n) is 2.41. The Morgan fingerprint density at radius 3 is 1.69 bits per heavy atom. The summed E-state index contributed by atoms with van der Waals surface area (Å²) < 4.78 is 4.82. The summed E-state index contributed by atoms with van der Waals surface area (Å²) in [6.07, 6.45) is 8.09. The van der Waals surface area contributed by atoms with Crippen molar-refractivity contribution in [1.82, 2.24) is 4.90 Å². The smallest absolute Gasteiger partial charge is 0.341 e. The van der Waals surface area contributed by atoms with Gasteiger partial charge in [-0.15, -0.1) is 0 Å². The first-order valence-corrected chi connectivity index (χ1v) is 10.2. The molecule has 0 amide bonds. The lowest BCUT2D eigenvalue weighted by Gasteiger charge is -2.21. The van der Waals surface area contributed by atoms with E-state index in [4.69, 9.17) is 33.0 Å². The van der Waals surface area contributed by atoms with Crippen LogP contribution in [0.5, 0.6) is 5.75 Å².